The second-order valence-electron chi connectivity index (χ2n) is 5.96. The molecule has 7 heteroatoms. The lowest BCUT2D eigenvalue weighted by Gasteiger charge is -2.33. The molecule has 1 aromatic carbocycles. The maximum Gasteiger partial charge on any atom is 0.326 e. The van der Waals surface area contributed by atoms with E-state index in [4.69, 9.17) is 11.6 Å². The zero-order chi connectivity index (χ0) is 18.0. The van der Waals surface area contributed by atoms with Crippen molar-refractivity contribution in [3.8, 4) is 0 Å². The minimum Gasteiger partial charge on any atom is -0.480 e. The molecule has 1 aromatic heterocycles. The first-order chi connectivity index (χ1) is 11.9. The number of likely N-dealkylation sites (tertiary alicyclic amines) is 1. The van der Waals surface area contributed by atoms with Gasteiger partial charge in [0.1, 0.15) is 6.04 Å². The number of rotatable bonds is 4. The smallest absolute Gasteiger partial charge is 0.326 e. The Bertz CT molecular complexity index is 799. The van der Waals surface area contributed by atoms with Crippen molar-refractivity contribution in [1.29, 1.82) is 0 Å². The number of carboxylic acids is 1. The van der Waals surface area contributed by atoms with E-state index in [9.17, 15) is 19.8 Å². The third-order valence-electron chi connectivity index (χ3n) is 4.43. The van der Waals surface area contributed by atoms with Crippen LogP contribution in [0.25, 0.3) is 0 Å². The number of benzene rings is 1. The van der Waals surface area contributed by atoms with E-state index in [0.29, 0.717) is 17.9 Å². The highest BCUT2D eigenvalue weighted by Gasteiger charge is 2.47. The van der Waals surface area contributed by atoms with E-state index in [0.717, 1.165) is 0 Å². The summed E-state index contributed by atoms with van der Waals surface area (Å²) in [6.45, 7) is 0.277. The lowest BCUT2D eigenvalue weighted by Crippen LogP contribution is -2.51. The zero-order valence-corrected chi connectivity index (χ0v) is 14.1. The predicted octanol–water partition coefficient (Wildman–Crippen LogP) is 2.05. The third kappa shape index (κ3) is 3.10. The molecule has 2 atom stereocenters. The van der Waals surface area contributed by atoms with Crippen LogP contribution in [0.15, 0.2) is 48.8 Å². The van der Waals surface area contributed by atoms with Crippen molar-refractivity contribution < 1.29 is 19.8 Å². The summed E-state index contributed by atoms with van der Waals surface area (Å²) in [5.74, 6) is -1.77. The molecule has 0 aliphatic carbocycles. The first-order valence-corrected chi connectivity index (χ1v) is 8.25. The lowest BCUT2D eigenvalue weighted by molar-refractivity contribution is -0.156. The molecule has 0 saturated carbocycles. The van der Waals surface area contributed by atoms with Crippen LogP contribution in [0.4, 0.5) is 0 Å². The van der Waals surface area contributed by atoms with Gasteiger partial charge in [0.15, 0.2) is 5.60 Å². The number of aliphatic hydroxyl groups is 1. The van der Waals surface area contributed by atoms with Crippen molar-refractivity contribution in [3.63, 3.8) is 0 Å². The van der Waals surface area contributed by atoms with Gasteiger partial charge in [-0.15, -0.1) is 0 Å². The second-order valence-corrected chi connectivity index (χ2v) is 6.39. The zero-order valence-electron chi connectivity index (χ0n) is 13.3. The van der Waals surface area contributed by atoms with Crippen LogP contribution < -0.4 is 0 Å². The number of halogens is 1. The van der Waals surface area contributed by atoms with E-state index in [1.54, 1.807) is 30.3 Å². The Kier molecular flexibility index (Phi) is 4.74. The van der Waals surface area contributed by atoms with Crippen LogP contribution in [0.3, 0.4) is 0 Å². The number of carboxylic acid groups (broad SMARTS) is 1. The molecule has 2 heterocycles. The highest BCUT2D eigenvalue weighted by molar-refractivity contribution is 6.30. The van der Waals surface area contributed by atoms with E-state index in [-0.39, 0.29) is 17.7 Å². The SMILES string of the molecule is O=C(O)[C@@H]1CCCN1C(=O)C(O)(c1cccnc1)c1cccc(Cl)c1. The van der Waals surface area contributed by atoms with Gasteiger partial charge in [0.2, 0.25) is 0 Å². The van der Waals surface area contributed by atoms with E-state index in [1.165, 1.54) is 23.4 Å². The van der Waals surface area contributed by atoms with Crippen molar-refractivity contribution in [1.82, 2.24) is 9.88 Å². The largest absolute Gasteiger partial charge is 0.480 e. The summed E-state index contributed by atoms with van der Waals surface area (Å²) in [4.78, 5) is 29.9. The Morgan fingerprint density at radius 2 is 2.00 bits per heavy atom. The van der Waals surface area contributed by atoms with Crippen molar-refractivity contribution in [2.45, 2.75) is 24.5 Å². The maximum absolute atomic E-state index is 13.2. The molecular formula is C18H17ClN2O4. The van der Waals surface area contributed by atoms with Crippen LogP contribution in [0.5, 0.6) is 0 Å². The van der Waals surface area contributed by atoms with Crippen LogP contribution in [0.1, 0.15) is 24.0 Å². The Labute approximate surface area is 149 Å². The number of amides is 1. The topological polar surface area (TPSA) is 90.7 Å². The van der Waals surface area contributed by atoms with Gasteiger partial charge in [-0.05, 0) is 36.6 Å². The molecule has 1 saturated heterocycles. The summed E-state index contributed by atoms with van der Waals surface area (Å²) in [6, 6.07) is 8.59. The summed E-state index contributed by atoms with van der Waals surface area (Å²) >= 11 is 6.04. The molecule has 25 heavy (non-hydrogen) atoms. The molecule has 0 spiro atoms. The Hall–Kier alpha value is -2.44. The van der Waals surface area contributed by atoms with Crippen LogP contribution >= 0.6 is 11.6 Å². The fourth-order valence-corrected chi connectivity index (χ4v) is 3.37. The second kappa shape index (κ2) is 6.82. The summed E-state index contributed by atoms with van der Waals surface area (Å²) in [5.41, 5.74) is -1.52. The van der Waals surface area contributed by atoms with Crippen molar-refractivity contribution >= 4 is 23.5 Å². The van der Waals surface area contributed by atoms with Gasteiger partial charge in [0.05, 0.1) is 0 Å². The molecule has 0 bridgehead atoms. The van der Waals surface area contributed by atoms with Crippen molar-refractivity contribution in [2.24, 2.45) is 0 Å². The standard InChI is InChI=1S/C18H17ClN2O4/c19-14-6-1-4-12(10-14)18(25,13-5-2-8-20-11-13)17(24)21-9-3-7-15(21)16(22)23/h1-2,4-6,8,10-11,15,25H,3,7,9H2,(H,22,23)/t15-,18?/m0/s1. The maximum atomic E-state index is 13.2. The minimum atomic E-state index is -2.06. The number of carbonyl (C=O) groups is 2. The first kappa shape index (κ1) is 17.4. The molecule has 0 radical (unpaired) electrons. The number of pyridine rings is 1. The molecular weight excluding hydrogens is 344 g/mol. The van der Waals surface area contributed by atoms with Gasteiger partial charge in [-0.25, -0.2) is 4.79 Å². The predicted molar refractivity (Wildman–Crippen MR) is 91.1 cm³/mol. The molecule has 1 aliphatic rings. The third-order valence-corrected chi connectivity index (χ3v) is 4.67. The van der Waals surface area contributed by atoms with E-state index >= 15 is 0 Å². The quantitative estimate of drug-likeness (QED) is 0.870. The number of aromatic nitrogens is 1. The molecule has 6 nitrogen and oxygen atoms in total. The van der Waals surface area contributed by atoms with Crippen molar-refractivity contribution in [2.75, 3.05) is 6.54 Å². The first-order valence-electron chi connectivity index (χ1n) is 7.87. The van der Waals surface area contributed by atoms with E-state index in [1.807, 2.05) is 0 Å². The molecule has 1 fully saturated rings. The average Bonchev–Trinajstić information content (AvgIpc) is 3.11. The molecule has 2 aromatic rings. The van der Waals surface area contributed by atoms with E-state index in [2.05, 4.69) is 4.98 Å². The average molecular weight is 361 g/mol. The molecule has 1 aliphatic heterocycles. The summed E-state index contributed by atoms with van der Waals surface area (Å²) in [5, 5.41) is 21.2. The minimum absolute atomic E-state index is 0.262. The van der Waals surface area contributed by atoms with Gasteiger partial charge in [0, 0.05) is 29.5 Å². The fourth-order valence-electron chi connectivity index (χ4n) is 3.18. The normalized spacial score (nSPS) is 19.4. The van der Waals surface area contributed by atoms with Crippen molar-refractivity contribution in [3.05, 3.63) is 64.9 Å². The van der Waals surface area contributed by atoms with Gasteiger partial charge >= 0.3 is 5.97 Å². The summed E-state index contributed by atoms with van der Waals surface area (Å²) < 4.78 is 0. The van der Waals surface area contributed by atoms with Gasteiger partial charge in [-0.1, -0.05) is 29.8 Å². The molecule has 1 amide bonds. The fraction of sp³-hybridized carbons (Fsp3) is 0.278. The van der Waals surface area contributed by atoms with Gasteiger partial charge < -0.3 is 15.1 Å². The highest BCUT2D eigenvalue weighted by atomic mass is 35.5. The molecule has 1 unspecified atom stereocenters. The monoisotopic (exact) mass is 360 g/mol. The van der Waals surface area contributed by atoms with Crippen LogP contribution in [-0.4, -0.2) is 44.6 Å². The highest BCUT2D eigenvalue weighted by Crippen LogP contribution is 2.35. The molecule has 2 N–H and O–H groups in total. The van der Waals surface area contributed by atoms with Gasteiger partial charge in [-0.2, -0.15) is 0 Å². The number of hydrogen-bond donors (Lipinski definition) is 2. The summed E-state index contributed by atoms with van der Waals surface area (Å²) in [7, 11) is 0. The Morgan fingerprint density at radius 3 is 2.64 bits per heavy atom. The van der Waals surface area contributed by atoms with Gasteiger partial charge in [-0.3, -0.25) is 9.78 Å². The number of carbonyl (C=O) groups excluding carboxylic acids is 1. The molecule has 3 rings (SSSR count). The number of hydrogen-bond acceptors (Lipinski definition) is 4. The Balaban J connectivity index is 2.12. The van der Waals surface area contributed by atoms with Gasteiger partial charge in [0.25, 0.3) is 5.91 Å². The number of nitrogens with zero attached hydrogens (tertiary/aromatic N) is 2. The van der Waals surface area contributed by atoms with Crippen LogP contribution in [0.2, 0.25) is 5.02 Å². The van der Waals surface area contributed by atoms with E-state index < -0.39 is 23.5 Å². The Morgan fingerprint density at radius 1 is 1.24 bits per heavy atom. The van der Waals surface area contributed by atoms with Crippen LogP contribution in [-0.2, 0) is 15.2 Å². The number of aliphatic carboxylic acids is 1. The van der Waals surface area contributed by atoms with Crippen LogP contribution in [0, 0.1) is 0 Å². The molecule has 130 valence electrons. The summed E-state index contributed by atoms with van der Waals surface area (Å²) in [6.07, 6.45) is 3.86. The lowest BCUT2D eigenvalue weighted by atomic mass is 9.85.